The molecular weight excluding hydrogens is 482 g/mol. The number of fused-ring (bicyclic) bond motifs is 1. The van der Waals surface area contributed by atoms with E-state index in [0.717, 1.165) is 11.7 Å². The van der Waals surface area contributed by atoms with Crippen LogP contribution in [0.3, 0.4) is 0 Å². The molecule has 0 radical (unpaired) electrons. The highest BCUT2D eigenvalue weighted by Gasteiger charge is 2.26. The molecule has 32 heavy (non-hydrogen) atoms. The van der Waals surface area contributed by atoms with Gasteiger partial charge in [-0.1, -0.05) is 17.7 Å². The molecule has 0 bridgehead atoms. The van der Waals surface area contributed by atoms with Crippen LogP contribution in [-0.4, -0.2) is 47.6 Å². The minimum absolute atomic E-state index is 0.133. The highest BCUT2D eigenvalue weighted by atomic mass is 35.5. The summed E-state index contributed by atoms with van der Waals surface area (Å²) in [6, 6.07) is 9.09. The number of halogens is 1. The number of ether oxygens (including phenoxy) is 1. The van der Waals surface area contributed by atoms with Crippen molar-refractivity contribution in [3.63, 3.8) is 0 Å². The number of nitrogens with zero attached hydrogens (tertiary/aromatic N) is 2. The monoisotopic (exact) mass is 497 g/mol. The first kappa shape index (κ1) is 23.5. The number of nitrogens with one attached hydrogen (secondary N) is 3. The van der Waals surface area contributed by atoms with Crippen LogP contribution in [0.4, 0.5) is 0 Å². The van der Waals surface area contributed by atoms with E-state index in [9.17, 15) is 22.8 Å². The Labute approximate surface area is 191 Å². The van der Waals surface area contributed by atoms with Gasteiger partial charge < -0.3 is 4.74 Å². The molecule has 0 saturated carbocycles. The molecule has 0 saturated heterocycles. The zero-order valence-electron chi connectivity index (χ0n) is 16.4. The maximum Gasteiger partial charge on any atom is 0.324 e. The number of hydrogen-bond donors (Lipinski definition) is 3. The summed E-state index contributed by atoms with van der Waals surface area (Å²) >= 11 is 6.60. The van der Waals surface area contributed by atoms with Crippen molar-refractivity contribution in [2.75, 3.05) is 6.61 Å². The maximum atomic E-state index is 12.6. The molecule has 0 aliphatic carbocycles. The molecule has 2 aromatic carbocycles. The Balaban J connectivity index is 1.50. The molecule has 0 spiro atoms. The lowest BCUT2D eigenvalue weighted by Crippen LogP contribution is -2.45. The fourth-order valence-electron chi connectivity index (χ4n) is 2.44. The smallest absolute Gasteiger partial charge is 0.324 e. The van der Waals surface area contributed by atoms with E-state index in [0.29, 0.717) is 10.5 Å². The minimum atomic E-state index is -4.11. The van der Waals surface area contributed by atoms with E-state index >= 15 is 0 Å². The van der Waals surface area contributed by atoms with Gasteiger partial charge in [0.05, 0.1) is 11.7 Å². The predicted molar refractivity (Wildman–Crippen MR) is 115 cm³/mol. The Bertz CT molecular complexity index is 1260. The van der Waals surface area contributed by atoms with Crippen molar-refractivity contribution < 1.29 is 27.5 Å². The third-order valence-electron chi connectivity index (χ3n) is 3.99. The van der Waals surface area contributed by atoms with Crippen LogP contribution < -0.4 is 15.6 Å². The molecule has 14 heteroatoms. The predicted octanol–water partition coefficient (Wildman–Crippen LogP) is 1.02. The third kappa shape index (κ3) is 5.76. The van der Waals surface area contributed by atoms with Crippen molar-refractivity contribution in [3.8, 4) is 0 Å². The van der Waals surface area contributed by atoms with E-state index in [1.165, 1.54) is 43.3 Å². The van der Waals surface area contributed by atoms with Gasteiger partial charge in [0.15, 0.2) is 6.61 Å². The van der Waals surface area contributed by atoms with Crippen LogP contribution in [0.15, 0.2) is 47.4 Å². The van der Waals surface area contributed by atoms with Gasteiger partial charge in [0.25, 0.3) is 11.8 Å². The van der Waals surface area contributed by atoms with Gasteiger partial charge in [-0.3, -0.25) is 25.2 Å². The summed E-state index contributed by atoms with van der Waals surface area (Å²) in [6.07, 6.45) is 0. The van der Waals surface area contributed by atoms with Gasteiger partial charge in [-0.15, -0.1) is 0 Å². The number of aromatic nitrogens is 2. The zero-order chi connectivity index (χ0) is 23.3. The van der Waals surface area contributed by atoms with Crippen molar-refractivity contribution in [2.24, 2.45) is 0 Å². The quantitative estimate of drug-likeness (QED) is 0.322. The molecule has 2 amide bonds. The van der Waals surface area contributed by atoms with Crippen LogP contribution >= 0.6 is 23.3 Å². The lowest BCUT2D eigenvalue weighted by Gasteiger charge is -2.14. The molecule has 0 unspecified atom stereocenters. The van der Waals surface area contributed by atoms with Crippen LogP contribution in [-0.2, 0) is 24.3 Å². The first-order valence-corrected chi connectivity index (χ1v) is 11.5. The van der Waals surface area contributed by atoms with Crippen LogP contribution in [0, 0.1) is 0 Å². The van der Waals surface area contributed by atoms with Crippen LogP contribution in [0.2, 0.25) is 5.02 Å². The summed E-state index contributed by atoms with van der Waals surface area (Å²) in [5.41, 5.74) is 5.07. The average molecular weight is 498 g/mol. The molecule has 3 N–H and O–H groups in total. The molecule has 1 atom stereocenters. The second-order valence-electron chi connectivity index (χ2n) is 6.35. The van der Waals surface area contributed by atoms with Gasteiger partial charge in [-0.05, 0) is 43.3 Å². The Hall–Kier alpha value is -3.13. The average Bonchev–Trinajstić information content (AvgIpc) is 3.24. The van der Waals surface area contributed by atoms with E-state index in [4.69, 9.17) is 16.3 Å². The number of carbonyl (C=O) groups excluding carboxylic acids is 3. The first-order chi connectivity index (χ1) is 15.2. The standard InChI is InChI=1S/C18H16ClN5O6S2/c1-10(24-32(28,29)14-4-2-3-13-16(14)23-31-22-13)18(27)30-9-15(25)20-21-17(26)11-5-7-12(19)8-6-11/h2-8,10,24H,9H2,1H3,(H,20,25)(H,21,26)/t10-/m1/s1. The van der Waals surface area contributed by atoms with Gasteiger partial charge in [0.2, 0.25) is 10.0 Å². The number of carbonyl (C=O) groups is 3. The number of rotatable bonds is 7. The first-order valence-electron chi connectivity index (χ1n) is 8.92. The maximum absolute atomic E-state index is 12.6. The molecule has 168 valence electrons. The van der Waals surface area contributed by atoms with Crippen molar-refractivity contribution in [1.82, 2.24) is 24.3 Å². The lowest BCUT2D eigenvalue weighted by atomic mass is 10.2. The number of amides is 2. The van der Waals surface area contributed by atoms with Gasteiger partial charge in [0, 0.05) is 10.6 Å². The third-order valence-corrected chi connectivity index (χ3v) is 6.36. The summed E-state index contributed by atoms with van der Waals surface area (Å²) in [6.45, 7) is 0.525. The van der Waals surface area contributed by atoms with Gasteiger partial charge >= 0.3 is 5.97 Å². The van der Waals surface area contributed by atoms with Crippen LogP contribution in [0.25, 0.3) is 11.0 Å². The van der Waals surface area contributed by atoms with Crippen LogP contribution in [0.1, 0.15) is 17.3 Å². The minimum Gasteiger partial charge on any atom is -0.454 e. The second kappa shape index (κ2) is 9.99. The van der Waals surface area contributed by atoms with Crippen molar-refractivity contribution in [3.05, 3.63) is 53.1 Å². The van der Waals surface area contributed by atoms with E-state index in [-0.39, 0.29) is 16.0 Å². The summed E-state index contributed by atoms with van der Waals surface area (Å²) in [5.74, 6) is -2.42. The Kier molecular flexibility index (Phi) is 7.35. The molecule has 0 aliphatic rings. The fraction of sp³-hybridized carbons (Fsp3) is 0.167. The lowest BCUT2D eigenvalue weighted by molar-refractivity contribution is -0.149. The van der Waals surface area contributed by atoms with E-state index in [1.54, 1.807) is 6.07 Å². The molecule has 3 aromatic rings. The largest absolute Gasteiger partial charge is 0.454 e. The Morgan fingerprint density at radius 1 is 1.09 bits per heavy atom. The summed E-state index contributed by atoms with van der Waals surface area (Å²) in [5, 5.41) is 0.446. The second-order valence-corrected chi connectivity index (χ2v) is 9.00. The fourth-order valence-corrected chi connectivity index (χ4v) is 4.52. The Morgan fingerprint density at radius 2 is 1.81 bits per heavy atom. The molecule has 0 fully saturated rings. The normalized spacial score (nSPS) is 12.2. The molecule has 0 aliphatic heterocycles. The van der Waals surface area contributed by atoms with Gasteiger partial charge in [-0.25, -0.2) is 8.42 Å². The number of esters is 1. The van der Waals surface area contributed by atoms with Gasteiger partial charge in [-0.2, -0.15) is 13.5 Å². The molecule has 1 heterocycles. The molecule has 1 aromatic heterocycles. The summed E-state index contributed by atoms with van der Waals surface area (Å²) < 4.78 is 40.1. The SMILES string of the molecule is C[C@@H](NS(=O)(=O)c1cccc2nsnc12)C(=O)OCC(=O)NNC(=O)c1ccc(Cl)cc1. The van der Waals surface area contributed by atoms with E-state index < -0.39 is 40.5 Å². The summed E-state index contributed by atoms with van der Waals surface area (Å²) in [7, 11) is -4.11. The summed E-state index contributed by atoms with van der Waals surface area (Å²) in [4.78, 5) is 35.7. The topological polar surface area (TPSA) is 156 Å². The highest BCUT2D eigenvalue weighted by Crippen LogP contribution is 2.21. The van der Waals surface area contributed by atoms with Crippen molar-refractivity contribution in [1.29, 1.82) is 0 Å². The molecular formula is C18H16ClN5O6S2. The van der Waals surface area contributed by atoms with Gasteiger partial charge in [0.1, 0.15) is 22.0 Å². The number of sulfonamides is 1. The van der Waals surface area contributed by atoms with Crippen molar-refractivity contribution >= 4 is 62.2 Å². The zero-order valence-corrected chi connectivity index (χ0v) is 18.8. The molecule has 3 rings (SSSR count). The highest BCUT2D eigenvalue weighted by molar-refractivity contribution is 7.89. The van der Waals surface area contributed by atoms with Crippen molar-refractivity contribution in [2.45, 2.75) is 17.9 Å². The van der Waals surface area contributed by atoms with E-state index in [1.807, 2.05) is 0 Å². The van der Waals surface area contributed by atoms with E-state index in [2.05, 4.69) is 24.3 Å². The number of hydrogen-bond acceptors (Lipinski definition) is 9. The molecule has 11 nitrogen and oxygen atoms in total. The Morgan fingerprint density at radius 3 is 2.53 bits per heavy atom. The van der Waals surface area contributed by atoms with Crippen LogP contribution in [0.5, 0.6) is 0 Å². The number of hydrazine groups is 1. The number of benzene rings is 2.